The highest BCUT2D eigenvalue weighted by molar-refractivity contribution is 7.92. The Bertz CT molecular complexity index is 895. The zero-order chi connectivity index (χ0) is 18.7. The lowest BCUT2D eigenvalue weighted by Gasteiger charge is -2.33. The van der Waals surface area contributed by atoms with Gasteiger partial charge in [0.25, 0.3) is 10.0 Å². The summed E-state index contributed by atoms with van der Waals surface area (Å²) in [6.07, 6.45) is 2.43. The van der Waals surface area contributed by atoms with Crippen LogP contribution in [0.2, 0.25) is 0 Å². The smallest absolute Gasteiger partial charge is 0.263 e. The topological polar surface area (TPSA) is 82.6 Å². The van der Waals surface area contributed by atoms with Gasteiger partial charge < -0.3 is 9.80 Å². The molecule has 0 unspecified atom stereocenters. The summed E-state index contributed by atoms with van der Waals surface area (Å²) in [7, 11) is -3.85. The second kappa shape index (κ2) is 7.28. The summed E-state index contributed by atoms with van der Waals surface area (Å²) in [6, 6.07) is 6.87. The molecule has 3 rings (SSSR count). The van der Waals surface area contributed by atoms with Gasteiger partial charge in [-0.05, 0) is 42.8 Å². The van der Waals surface area contributed by atoms with Gasteiger partial charge in [-0.15, -0.1) is 0 Å². The summed E-state index contributed by atoms with van der Waals surface area (Å²) >= 11 is 0. The number of pyridine rings is 1. The van der Waals surface area contributed by atoms with Crippen LogP contribution in [0.15, 0.2) is 41.4 Å². The van der Waals surface area contributed by atoms with Crippen LogP contribution in [-0.4, -0.2) is 50.9 Å². The van der Waals surface area contributed by atoms with Crippen LogP contribution in [0.5, 0.6) is 0 Å². The Kier molecular flexibility index (Phi) is 5.08. The first-order valence-corrected chi connectivity index (χ1v) is 9.57. The molecule has 1 N–H and O–H groups in total. The van der Waals surface area contributed by atoms with E-state index in [0.717, 1.165) is 18.2 Å². The van der Waals surface area contributed by atoms with Gasteiger partial charge in [-0.2, -0.15) is 0 Å². The molecule has 1 aliphatic heterocycles. The largest absolute Gasteiger partial charge is 0.367 e. The molecular formula is C17H19FN4O3S. The molecule has 7 nitrogen and oxygen atoms in total. The number of halogens is 1. The molecular weight excluding hydrogens is 359 g/mol. The number of anilines is 2. The lowest BCUT2D eigenvalue weighted by atomic mass is 10.2. The third-order valence-corrected chi connectivity index (χ3v) is 5.76. The Labute approximate surface area is 151 Å². The molecule has 1 aromatic heterocycles. The van der Waals surface area contributed by atoms with Crippen molar-refractivity contribution >= 4 is 27.9 Å². The fourth-order valence-corrected chi connectivity index (χ4v) is 4.06. The quantitative estimate of drug-likeness (QED) is 0.800. The Morgan fingerprint density at radius 1 is 1.15 bits per heavy atom. The van der Waals surface area contributed by atoms with Crippen molar-refractivity contribution in [1.82, 2.24) is 9.88 Å². The third-order valence-electron chi connectivity index (χ3n) is 4.24. The third kappa shape index (κ3) is 3.93. The van der Waals surface area contributed by atoms with Gasteiger partial charge in [0, 0.05) is 26.2 Å². The molecule has 0 aliphatic carbocycles. The predicted molar refractivity (Wildman–Crippen MR) is 96.0 cm³/mol. The molecule has 0 saturated carbocycles. The number of piperazine rings is 1. The number of hydrogen-bond acceptors (Lipinski definition) is 5. The van der Waals surface area contributed by atoms with Gasteiger partial charge in [0.15, 0.2) is 0 Å². The van der Waals surface area contributed by atoms with Gasteiger partial charge in [0.2, 0.25) is 6.41 Å². The molecule has 0 bridgehead atoms. The minimum absolute atomic E-state index is 0.00904. The monoisotopic (exact) mass is 378 g/mol. The van der Waals surface area contributed by atoms with Gasteiger partial charge in [0.05, 0.1) is 16.8 Å². The molecule has 26 heavy (non-hydrogen) atoms. The van der Waals surface area contributed by atoms with E-state index in [1.807, 2.05) is 0 Å². The molecule has 2 aromatic rings. The van der Waals surface area contributed by atoms with Crippen LogP contribution in [0, 0.1) is 12.7 Å². The standard InChI is InChI=1S/C17H19FN4O3S/c1-13-10-14(18)2-4-16(13)26(24,25)20-17-5-3-15(11-19-17)22-8-6-21(12-23)7-9-22/h2-5,10-12H,6-9H2,1H3,(H,19,20). The number of benzene rings is 1. The number of amides is 1. The van der Waals surface area contributed by atoms with E-state index >= 15 is 0 Å². The average molecular weight is 378 g/mol. The van der Waals surface area contributed by atoms with E-state index < -0.39 is 15.8 Å². The van der Waals surface area contributed by atoms with E-state index in [1.165, 1.54) is 19.1 Å². The van der Waals surface area contributed by atoms with Crippen LogP contribution >= 0.6 is 0 Å². The summed E-state index contributed by atoms with van der Waals surface area (Å²) in [6.45, 7) is 4.21. The zero-order valence-corrected chi connectivity index (χ0v) is 15.0. The summed E-state index contributed by atoms with van der Waals surface area (Å²) < 4.78 is 40.5. The van der Waals surface area contributed by atoms with Crippen molar-refractivity contribution in [2.75, 3.05) is 35.8 Å². The molecule has 1 fully saturated rings. The first-order valence-electron chi connectivity index (χ1n) is 8.08. The van der Waals surface area contributed by atoms with E-state index in [2.05, 4.69) is 14.6 Å². The minimum atomic E-state index is -3.85. The predicted octanol–water partition coefficient (Wildman–Crippen LogP) is 1.61. The molecule has 0 radical (unpaired) electrons. The van der Waals surface area contributed by atoms with Crippen LogP contribution in [0.1, 0.15) is 5.56 Å². The molecule has 1 aromatic carbocycles. The summed E-state index contributed by atoms with van der Waals surface area (Å²) in [4.78, 5) is 18.7. The number of rotatable bonds is 5. The van der Waals surface area contributed by atoms with Crippen molar-refractivity contribution in [2.24, 2.45) is 0 Å². The number of carbonyl (C=O) groups is 1. The zero-order valence-electron chi connectivity index (χ0n) is 14.2. The van der Waals surface area contributed by atoms with Gasteiger partial charge in [-0.1, -0.05) is 0 Å². The molecule has 2 heterocycles. The van der Waals surface area contributed by atoms with Crippen LogP contribution in [0.3, 0.4) is 0 Å². The van der Waals surface area contributed by atoms with Crippen LogP contribution < -0.4 is 9.62 Å². The number of carbonyl (C=O) groups excluding carboxylic acids is 1. The molecule has 1 saturated heterocycles. The number of nitrogens with zero attached hydrogens (tertiary/aromatic N) is 3. The molecule has 0 atom stereocenters. The maximum Gasteiger partial charge on any atom is 0.263 e. The van der Waals surface area contributed by atoms with E-state index in [4.69, 9.17) is 0 Å². The van der Waals surface area contributed by atoms with Crippen molar-refractivity contribution in [3.8, 4) is 0 Å². The van der Waals surface area contributed by atoms with Crippen molar-refractivity contribution < 1.29 is 17.6 Å². The maximum atomic E-state index is 13.2. The van der Waals surface area contributed by atoms with E-state index in [0.29, 0.717) is 31.7 Å². The fourth-order valence-electron chi connectivity index (χ4n) is 2.83. The molecule has 0 spiro atoms. The van der Waals surface area contributed by atoms with E-state index in [1.54, 1.807) is 23.2 Å². The number of nitrogens with one attached hydrogen (secondary N) is 1. The molecule has 9 heteroatoms. The summed E-state index contributed by atoms with van der Waals surface area (Å²) in [5.41, 5.74) is 1.18. The number of sulfonamides is 1. The van der Waals surface area contributed by atoms with Crippen molar-refractivity contribution in [3.05, 3.63) is 47.9 Å². The van der Waals surface area contributed by atoms with Crippen molar-refractivity contribution in [1.29, 1.82) is 0 Å². The average Bonchev–Trinajstić information content (AvgIpc) is 2.62. The number of aromatic nitrogens is 1. The summed E-state index contributed by atoms with van der Waals surface area (Å²) in [5, 5.41) is 0. The number of hydrogen-bond donors (Lipinski definition) is 1. The SMILES string of the molecule is Cc1cc(F)ccc1S(=O)(=O)Nc1ccc(N2CCN(C=O)CC2)cn1. The second-order valence-corrected chi connectivity index (χ2v) is 7.70. The Hall–Kier alpha value is -2.68. The Morgan fingerprint density at radius 2 is 1.88 bits per heavy atom. The highest BCUT2D eigenvalue weighted by Crippen LogP contribution is 2.21. The highest BCUT2D eigenvalue weighted by atomic mass is 32.2. The normalized spacial score (nSPS) is 15.0. The Balaban J connectivity index is 1.72. The van der Waals surface area contributed by atoms with Crippen LogP contribution in [0.25, 0.3) is 0 Å². The number of aryl methyl sites for hydroxylation is 1. The van der Waals surface area contributed by atoms with Gasteiger partial charge in [0.1, 0.15) is 11.6 Å². The van der Waals surface area contributed by atoms with E-state index in [-0.39, 0.29) is 10.7 Å². The lowest BCUT2D eigenvalue weighted by Crippen LogP contribution is -2.45. The van der Waals surface area contributed by atoms with Crippen LogP contribution in [0.4, 0.5) is 15.9 Å². The first-order chi connectivity index (χ1) is 12.4. The summed E-state index contributed by atoms with van der Waals surface area (Å²) in [5.74, 6) is -0.303. The van der Waals surface area contributed by atoms with Crippen molar-refractivity contribution in [3.63, 3.8) is 0 Å². The Morgan fingerprint density at radius 3 is 2.46 bits per heavy atom. The molecule has 1 aliphatic rings. The first kappa shape index (κ1) is 18.1. The second-order valence-electron chi connectivity index (χ2n) is 6.05. The fraction of sp³-hybridized carbons (Fsp3) is 0.294. The maximum absolute atomic E-state index is 13.2. The van der Waals surface area contributed by atoms with Crippen molar-refractivity contribution in [2.45, 2.75) is 11.8 Å². The molecule has 1 amide bonds. The van der Waals surface area contributed by atoms with Crippen LogP contribution in [-0.2, 0) is 14.8 Å². The van der Waals surface area contributed by atoms with Gasteiger partial charge >= 0.3 is 0 Å². The van der Waals surface area contributed by atoms with E-state index in [9.17, 15) is 17.6 Å². The van der Waals surface area contributed by atoms with Gasteiger partial charge in [-0.3, -0.25) is 9.52 Å². The lowest BCUT2D eigenvalue weighted by molar-refractivity contribution is -0.118. The minimum Gasteiger partial charge on any atom is -0.367 e. The van der Waals surface area contributed by atoms with Gasteiger partial charge in [-0.25, -0.2) is 17.8 Å². The molecule has 138 valence electrons. The highest BCUT2D eigenvalue weighted by Gasteiger charge is 2.19.